The van der Waals surface area contributed by atoms with Crippen molar-refractivity contribution >= 4 is 17.2 Å². The van der Waals surface area contributed by atoms with Gasteiger partial charge in [-0.15, -0.1) is 16.4 Å². The van der Waals surface area contributed by atoms with Gasteiger partial charge < -0.3 is 5.32 Å². The molecule has 0 saturated carbocycles. The van der Waals surface area contributed by atoms with Crippen LogP contribution >= 0.6 is 11.3 Å². The maximum atomic E-state index is 12.5. The highest BCUT2D eigenvalue weighted by Gasteiger charge is 2.16. The molecule has 26 heavy (non-hydrogen) atoms. The molecule has 2 aromatic heterocycles. The van der Waals surface area contributed by atoms with Gasteiger partial charge in [-0.3, -0.25) is 9.36 Å². The van der Waals surface area contributed by atoms with E-state index in [1.165, 1.54) is 16.0 Å². The second-order valence-electron chi connectivity index (χ2n) is 5.74. The van der Waals surface area contributed by atoms with E-state index in [1.807, 2.05) is 49.6 Å². The molecule has 136 valence electrons. The van der Waals surface area contributed by atoms with Crippen molar-refractivity contribution in [3.05, 3.63) is 56.9 Å². The summed E-state index contributed by atoms with van der Waals surface area (Å²) in [5.41, 5.74) is 1.58. The number of nitrogens with zero attached hydrogens (tertiary/aromatic N) is 4. The van der Waals surface area contributed by atoms with Crippen LogP contribution in [0.5, 0.6) is 0 Å². The molecule has 0 bridgehead atoms. The average Bonchev–Trinajstić information content (AvgIpc) is 3.25. The lowest BCUT2D eigenvalue weighted by atomic mass is 10.2. The standard InChI is InChI=1S/C18H21N5O2S/c1-3-14-12-26-16(20-14)10-19-15(24)11-23-18(25)22(4-2)17(21-23)13-8-6-5-7-9-13/h5-9,12H,3-4,10-11H2,1-2H3,(H,19,24). The highest BCUT2D eigenvalue weighted by atomic mass is 32.1. The van der Waals surface area contributed by atoms with Crippen molar-refractivity contribution in [1.29, 1.82) is 0 Å². The second-order valence-corrected chi connectivity index (χ2v) is 6.68. The fraction of sp³-hybridized carbons (Fsp3) is 0.333. The summed E-state index contributed by atoms with van der Waals surface area (Å²) in [6, 6.07) is 9.48. The maximum Gasteiger partial charge on any atom is 0.346 e. The Labute approximate surface area is 155 Å². The second kappa shape index (κ2) is 8.09. The predicted molar refractivity (Wildman–Crippen MR) is 101 cm³/mol. The van der Waals surface area contributed by atoms with E-state index in [0.717, 1.165) is 22.7 Å². The number of carbonyl (C=O) groups excluding carboxylic acids is 1. The van der Waals surface area contributed by atoms with Crippen molar-refractivity contribution in [3.8, 4) is 11.4 Å². The van der Waals surface area contributed by atoms with Gasteiger partial charge in [0.05, 0.1) is 12.2 Å². The van der Waals surface area contributed by atoms with Crippen LogP contribution in [0.15, 0.2) is 40.5 Å². The van der Waals surface area contributed by atoms with E-state index in [9.17, 15) is 9.59 Å². The Bertz CT molecular complexity index is 942. The van der Waals surface area contributed by atoms with Crippen molar-refractivity contribution in [2.75, 3.05) is 0 Å². The zero-order chi connectivity index (χ0) is 18.5. The van der Waals surface area contributed by atoms with Crippen LogP contribution in [0.3, 0.4) is 0 Å². The van der Waals surface area contributed by atoms with Gasteiger partial charge in [-0.05, 0) is 13.3 Å². The third-order valence-corrected chi connectivity index (χ3v) is 4.86. The van der Waals surface area contributed by atoms with Gasteiger partial charge in [-0.2, -0.15) is 0 Å². The van der Waals surface area contributed by atoms with E-state index in [2.05, 4.69) is 15.4 Å². The quantitative estimate of drug-likeness (QED) is 0.689. The number of carbonyl (C=O) groups is 1. The van der Waals surface area contributed by atoms with Crippen LogP contribution in [-0.4, -0.2) is 25.2 Å². The zero-order valence-corrected chi connectivity index (χ0v) is 15.6. The minimum absolute atomic E-state index is 0.113. The van der Waals surface area contributed by atoms with Gasteiger partial charge in [0.1, 0.15) is 11.6 Å². The summed E-state index contributed by atoms with van der Waals surface area (Å²) in [7, 11) is 0. The summed E-state index contributed by atoms with van der Waals surface area (Å²) in [4.78, 5) is 29.1. The first-order valence-electron chi connectivity index (χ1n) is 8.55. The number of thiazole rings is 1. The number of benzene rings is 1. The molecule has 0 aliphatic heterocycles. The predicted octanol–water partition coefficient (Wildman–Crippen LogP) is 2.07. The van der Waals surface area contributed by atoms with Crippen LogP contribution in [0.2, 0.25) is 0 Å². The topological polar surface area (TPSA) is 81.8 Å². The van der Waals surface area contributed by atoms with Crippen LogP contribution in [0.25, 0.3) is 11.4 Å². The Morgan fingerprint density at radius 1 is 1.23 bits per heavy atom. The van der Waals surface area contributed by atoms with Gasteiger partial charge in [0.15, 0.2) is 5.82 Å². The number of rotatable bonds is 7. The SMILES string of the molecule is CCc1csc(CNC(=O)Cn2nc(-c3ccccc3)n(CC)c2=O)n1. The Morgan fingerprint density at radius 3 is 2.65 bits per heavy atom. The highest BCUT2D eigenvalue weighted by molar-refractivity contribution is 7.09. The largest absolute Gasteiger partial charge is 0.348 e. The van der Waals surface area contributed by atoms with Gasteiger partial charge in [0, 0.05) is 17.5 Å². The summed E-state index contributed by atoms with van der Waals surface area (Å²) in [6.45, 7) is 4.66. The molecule has 0 radical (unpaired) electrons. The highest BCUT2D eigenvalue weighted by Crippen LogP contribution is 2.14. The van der Waals surface area contributed by atoms with Crippen molar-refractivity contribution < 1.29 is 4.79 Å². The smallest absolute Gasteiger partial charge is 0.346 e. The normalized spacial score (nSPS) is 10.8. The van der Waals surface area contributed by atoms with E-state index in [1.54, 1.807) is 4.57 Å². The molecule has 0 fully saturated rings. The third-order valence-electron chi connectivity index (χ3n) is 3.96. The minimum atomic E-state index is -0.288. The molecule has 3 aromatic rings. The number of nitrogens with one attached hydrogen (secondary N) is 1. The van der Waals surface area contributed by atoms with Gasteiger partial charge in [-0.25, -0.2) is 14.5 Å². The van der Waals surface area contributed by atoms with E-state index in [-0.39, 0.29) is 18.1 Å². The summed E-state index contributed by atoms with van der Waals surface area (Å²) >= 11 is 1.52. The molecule has 1 aromatic carbocycles. The molecular formula is C18H21N5O2S. The molecule has 0 atom stereocenters. The van der Waals surface area contributed by atoms with Crippen LogP contribution in [0.4, 0.5) is 0 Å². The van der Waals surface area contributed by atoms with E-state index < -0.39 is 0 Å². The van der Waals surface area contributed by atoms with Gasteiger partial charge in [-0.1, -0.05) is 37.3 Å². The summed E-state index contributed by atoms with van der Waals surface area (Å²) < 4.78 is 2.78. The number of aromatic nitrogens is 4. The Hall–Kier alpha value is -2.74. The molecule has 0 spiro atoms. The van der Waals surface area contributed by atoms with E-state index >= 15 is 0 Å². The van der Waals surface area contributed by atoms with E-state index in [4.69, 9.17) is 0 Å². The lowest BCUT2D eigenvalue weighted by Gasteiger charge is -2.02. The minimum Gasteiger partial charge on any atom is -0.348 e. The van der Waals surface area contributed by atoms with Crippen molar-refractivity contribution in [1.82, 2.24) is 24.6 Å². The lowest BCUT2D eigenvalue weighted by Crippen LogP contribution is -2.33. The number of hydrogen-bond acceptors (Lipinski definition) is 5. The number of hydrogen-bond donors (Lipinski definition) is 1. The van der Waals surface area contributed by atoms with Crippen molar-refractivity contribution in [3.63, 3.8) is 0 Å². The Kier molecular flexibility index (Phi) is 5.62. The van der Waals surface area contributed by atoms with Gasteiger partial charge in [0.25, 0.3) is 0 Å². The van der Waals surface area contributed by atoms with Gasteiger partial charge >= 0.3 is 5.69 Å². The first-order chi connectivity index (χ1) is 12.6. The molecule has 7 nitrogen and oxygen atoms in total. The number of amides is 1. The molecule has 0 aliphatic rings. The molecular weight excluding hydrogens is 350 g/mol. The van der Waals surface area contributed by atoms with Gasteiger partial charge in [0.2, 0.25) is 5.91 Å². The molecule has 0 unspecified atom stereocenters. The molecule has 2 heterocycles. The molecule has 8 heteroatoms. The van der Waals surface area contributed by atoms with Crippen LogP contribution in [0, 0.1) is 0 Å². The molecule has 3 rings (SSSR count). The monoisotopic (exact) mass is 371 g/mol. The lowest BCUT2D eigenvalue weighted by molar-refractivity contribution is -0.122. The first-order valence-corrected chi connectivity index (χ1v) is 9.43. The number of aryl methyl sites for hydroxylation is 1. The first kappa shape index (κ1) is 18.1. The Balaban J connectivity index is 1.72. The zero-order valence-electron chi connectivity index (χ0n) is 14.8. The Morgan fingerprint density at radius 2 is 2.00 bits per heavy atom. The molecule has 1 N–H and O–H groups in total. The van der Waals surface area contributed by atoms with Crippen molar-refractivity contribution in [2.24, 2.45) is 0 Å². The van der Waals surface area contributed by atoms with Crippen LogP contribution in [0.1, 0.15) is 24.5 Å². The summed E-state index contributed by atoms with van der Waals surface area (Å²) in [6.07, 6.45) is 0.872. The van der Waals surface area contributed by atoms with Crippen LogP contribution < -0.4 is 11.0 Å². The molecule has 1 amide bonds. The average molecular weight is 371 g/mol. The van der Waals surface area contributed by atoms with E-state index in [0.29, 0.717) is 18.9 Å². The molecule has 0 saturated heterocycles. The fourth-order valence-corrected chi connectivity index (χ4v) is 3.41. The maximum absolute atomic E-state index is 12.5. The van der Waals surface area contributed by atoms with Crippen molar-refractivity contribution in [2.45, 2.75) is 39.9 Å². The molecule has 0 aliphatic carbocycles. The van der Waals surface area contributed by atoms with Crippen LogP contribution in [-0.2, 0) is 30.8 Å². The fourth-order valence-electron chi connectivity index (χ4n) is 2.59. The summed E-state index contributed by atoms with van der Waals surface area (Å²) in [5.74, 6) is 0.305. The third kappa shape index (κ3) is 3.91. The summed E-state index contributed by atoms with van der Waals surface area (Å²) in [5, 5.41) is 10.00.